The van der Waals surface area contributed by atoms with E-state index >= 15 is 0 Å². The van der Waals surface area contributed by atoms with Gasteiger partial charge in [0.15, 0.2) is 0 Å². The largest absolute Gasteiger partial charge is 0.379 e. The van der Waals surface area contributed by atoms with E-state index in [0.717, 1.165) is 45.9 Å². The first kappa shape index (κ1) is 16.9. The van der Waals surface area contributed by atoms with Crippen molar-refractivity contribution in [1.82, 2.24) is 4.90 Å². The van der Waals surface area contributed by atoms with E-state index in [0.29, 0.717) is 6.10 Å². The Kier molecular flexibility index (Phi) is 10.4. The Hall–Kier alpha value is -0.120. The van der Waals surface area contributed by atoms with Crippen molar-refractivity contribution in [2.75, 3.05) is 39.5 Å². The molecule has 1 saturated heterocycles. The topological polar surface area (TPSA) is 21.7 Å². The van der Waals surface area contributed by atoms with Crippen molar-refractivity contribution in [2.24, 2.45) is 0 Å². The Morgan fingerprint density at radius 1 is 1.00 bits per heavy atom. The van der Waals surface area contributed by atoms with Gasteiger partial charge in [-0.25, -0.2) is 0 Å². The first-order valence-electron chi connectivity index (χ1n) is 8.28. The molecule has 1 fully saturated rings. The zero-order chi connectivity index (χ0) is 13.8. The van der Waals surface area contributed by atoms with E-state index in [1.807, 2.05) is 0 Å². The summed E-state index contributed by atoms with van der Waals surface area (Å²) in [5.41, 5.74) is 0. The fourth-order valence-corrected chi connectivity index (χ4v) is 2.62. The third kappa shape index (κ3) is 8.61. The summed E-state index contributed by atoms with van der Waals surface area (Å²) in [6, 6.07) is 0. The molecular formula is C16H33NO2. The van der Waals surface area contributed by atoms with E-state index in [9.17, 15) is 0 Å². The Bertz CT molecular complexity index is 193. The fourth-order valence-electron chi connectivity index (χ4n) is 2.62. The van der Waals surface area contributed by atoms with Crippen molar-refractivity contribution in [3.63, 3.8) is 0 Å². The van der Waals surface area contributed by atoms with Gasteiger partial charge in [0.05, 0.1) is 19.3 Å². The minimum Gasteiger partial charge on any atom is -0.379 e. The Labute approximate surface area is 119 Å². The van der Waals surface area contributed by atoms with Gasteiger partial charge in [-0.1, -0.05) is 39.5 Å². The average Bonchev–Trinajstić information content (AvgIpc) is 2.45. The zero-order valence-electron chi connectivity index (χ0n) is 13.0. The maximum absolute atomic E-state index is 6.06. The maximum atomic E-state index is 6.06. The number of nitrogens with zero attached hydrogens (tertiary/aromatic N) is 1. The normalized spacial score (nSPS) is 18.6. The number of rotatable bonds is 11. The lowest BCUT2D eigenvalue weighted by Gasteiger charge is -2.26. The van der Waals surface area contributed by atoms with Gasteiger partial charge < -0.3 is 9.47 Å². The molecule has 1 atom stereocenters. The van der Waals surface area contributed by atoms with Crippen LogP contribution in [0.3, 0.4) is 0 Å². The monoisotopic (exact) mass is 271 g/mol. The summed E-state index contributed by atoms with van der Waals surface area (Å²) in [6.45, 7) is 10.6. The molecule has 0 aliphatic carbocycles. The summed E-state index contributed by atoms with van der Waals surface area (Å²) >= 11 is 0. The standard InChI is InChI=1S/C16H33NO2/c1-3-5-6-9-16(8-4-2)19-13-7-10-17-11-14-18-15-12-17/h16H,3-15H2,1-2H3. The summed E-state index contributed by atoms with van der Waals surface area (Å²) < 4.78 is 11.4. The van der Waals surface area contributed by atoms with Crippen LogP contribution in [0.2, 0.25) is 0 Å². The van der Waals surface area contributed by atoms with E-state index in [1.54, 1.807) is 0 Å². The van der Waals surface area contributed by atoms with Crippen molar-refractivity contribution in [3.8, 4) is 0 Å². The highest BCUT2D eigenvalue weighted by Crippen LogP contribution is 2.12. The Balaban J connectivity index is 2.02. The van der Waals surface area contributed by atoms with E-state index in [1.165, 1.54) is 38.5 Å². The molecule has 1 rings (SSSR count). The minimum absolute atomic E-state index is 0.501. The third-order valence-corrected chi connectivity index (χ3v) is 3.82. The van der Waals surface area contributed by atoms with Crippen LogP contribution in [-0.2, 0) is 9.47 Å². The van der Waals surface area contributed by atoms with Gasteiger partial charge in [-0.2, -0.15) is 0 Å². The smallest absolute Gasteiger partial charge is 0.0594 e. The number of ether oxygens (including phenoxy) is 2. The molecule has 0 saturated carbocycles. The van der Waals surface area contributed by atoms with Crippen LogP contribution in [0.25, 0.3) is 0 Å². The molecule has 0 amide bonds. The number of hydrogen-bond acceptors (Lipinski definition) is 3. The molecule has 3 heteroatoms. The molecule has 0 N–H and O–H groups in total. The zero-order valence-corrected chi connectivity index (χ0v) is 13.0. The number of unbranched alkanes of at least 4 members (excludes halogenated alkanes) is 2. The second-order valence-corrected chi connectivity index (χ2v) is 5.58. The predicted molar refractivity (Wildman–Crippen MR) is 80.7 cm³/mol. The van der Waals surface area contributed by atoms with Crippen LogP contribution in [0.5, 0.6) is 0 Å². The highest BCUT2D eigenvalue weighted by molar-refractivity contribution is 4.62. The molecule has 1 unspecified atom stereocenters. The Morgan fingerprint density at radius 2 is 1.79 bits per heavy atom. The molecule has 0 aromatic heterocycles. The van der Waals surface area contributed by atoms with Crippen molar-refractivity contribution >= 4 is 0 Å². The van der Waals surface area contributed by atoms with E-state index in [4.69, 9.17) is 9.47 Å². The summed E-state index contributed by atoms with van der Waals surface area (Å²) in [4.78, 5) is 2.48. The molecule has 0 aromatic rings. The van der Waals surface area contributed by atoms with E-state index < -0.39 is 0 Å². The molecule has 3 nitrogen and oxygen atoms in total. The number of morpholine rings is 1. The second-order valence-electron chi connectivity index (χ2n) is 5.58. The summed E-state index contributed by atoms with van der Waals surface area (Å²) in [7, 11) is 0. The van der Waals surface area contributed by atoms with Crippen LogP contribution >= 0.6 is 0 Å². The Morgan fingerprint density at radius 3 is 2.47 bits per heavy atom. The molecule has 0 bridgehead atoms. The van der Waals surface area contributed by atoms with Crippen molar-refractivity contribution in [3.05, 3.63) is 0 Å². The van der Waals surface area contributed by atoms with Crippen LogP contribution < -0.4 is 0 Å². The lowest BCUT2D eigenvalue weighted by Crippen LogP contribution is -2.37. The summed E-state index contributed by atoms with van der Waals surface area (Å²) in [5, 5.41) is 0. The molecule has 0 spiro atoms. The van der Waals surface area contributed by atoms with E-state index in [2.05, 4.69) is 18.7 Å². The lowest BCUT2D eigenvalue weighted by molar-refractivity contribution is 0.0155. The summed E-state index contributed by atoms with van der Waals surface area (Å²) in [6.07, 6.45) is 9.34. The first-order valence-corrected chi connectivity index (χ1v) is 8.28. The molecular weight excluding hydrogens is 238 g/mol. The van der Waals surface area contributed by atoms with E-state index in [-0.39, 0.29) is 0 Å². The second kappa shape index (κ2) is 11.7. The SMILES string of the molecule is CCCCCC(CCC)OCCCN1CCOCC1. The van der Waals surface area contributed by atoms with Crippen molar-refractivity contribution < 1.29 is 9.47 Å². The van der Waals surface area contributed by atoms with Gasteiger partial charge in [0.1, 0.15) is 0 Å². The van der Waals surface area contributed by atoms with Gasteiger partial charge in [-0.05, 0) is 19.3 Å². The highest BCUT2D eigenvalue weighted by Gasteiger charge is 2.11. The highest BCUT2D eigenvalue weighted by atomic mass is 16.5. The fraction of sp³-hybridized carbons (Fsp3) is 1.00. The van der Waals surface area contributed by atoms with Gasteiger partial charge >= 0.3 is 0 Å². The molecule has 1 aliphatic heterocycles. The van der Waals surface area contributed by atoms with Crippen LogP contribution in [0, 0.1) is 0 Å². The third-order valence-electron chi connectivity index (χ3n) is 3.82. The molecule has 1 aliphatic rings. The van der Waals surface area contributed by atoms with Crippen LogP contribution in [-0.4, -0.2) is 50.5 Å². The number of hydrogen-bond donors (Lipinski definition) is 0. The molecule has 114 valence electrons. The van der Waals surface area contributed by atoms with Gasteiger partial charge in [-0.15, -0.1) is 0 Å². The van der Waals surface area contributed by atoms with Crippen molar-refractivity contribution in [2.45, 2.75) is 64.9 Å². The molecule has 1 heterocycles. The van der Waals surface area contributed by atoms with Gasteiger partial charge in [0, 0.05) is 26.2 Å². The predicted octanol–water partition coefficient (Wildman–Crippen LogP) is 3.47. The van der Waals surface area contributed by atoms with Gasteiger partial charge in [0.25, 0.3) is 0 Å². The lowest BCUT2D eigenvalue weighted by atomic mass is 10.1. The molecule has 19 heavy (non-hydrogen) atoms. The first-order chi connectivity index (χ1) is 9.36. The minimum atomic E-state index is 0.501. The maximum Gasteiger partial charge on any atom is 0.0594 e. The van der Waals surface area contributed by atoms with Crippen LogP contribution in [0.1, 0.15) is 58.8 Å². The van der Waals surface area contributed by atoms with Crippen LogP contribution in [0.15, 0.2) is 0 Å². The quantitative estimate of drug-likeness (QED) is 0.537. The van der Waals surface area contributed by atoms with Gasteiger partial charge in [-0.3, -0.25) is 4.90 Å². The molecule has 0 aromatic carbocycles. The van der Waals surface area contributed by atoms with Crippen molar-refractivity contribution in [1.29, 1.82) is 0 Å². The molecule has 0 radical (unpaired) electrons. The van der Waals surface area contributed by atoms with Gasteiger partial charge in [0.2, 0.25) is 0 Å². The summed E-state index contributed by atoms with van der Waals surface area (Å²) in [5.74, 6) is 0. The van der Waals surface area contributed by atoms with Crippen LogP contribution in [0.4, 0.5) is 0 Å². The average molecular weight is 271 g/mol.